The van der Waals surface area contributed by atoms with E-state index in [1.165, 1.54) is 11.3 Å². The monoisotopic (exact) mass is 352 g/mol. The Balaban J connectivity index is 2.01. The van der Waals surface area contributed by atoms with Crippen LogP contribution >= 0.6 is 11.3 Å². The zero-order valence-electron chi connectivity index (χ0n) is 14.9. The largest absolute Gasteiger partial charge is 0.351 e. The molecule has 1 atom stereocenters. The number of nitrogens with zero attached hydrogens (tertiary/aromatic N) is 3. The number of piperidine rings is 1. The van der Waals surface area contributed by atoms with E-state index in [0.29, 0.717) is 18.8 Å². The molecule has 1 unspecified atom stereocenters. The molecule has 24 heavy (non-hydrogen) atoms. The molecular weight excluding hydrogens is 324 g/mol. The standard InChI is InChI=1S/C17H28N4O2S/c1-4-9-18-15(22)14-12-24-17(19-14)21-10-7-8-13(11-21)16(23)20(5-2)6-3/h12-13H,4-11H2,1-3H3,(H,18,22). The summed E-state index contributed by atoms with van der Waals surface area (Å²) in [6, 6.07) is 0. The van der Waals surface area contributed by atoms with E-state index in [0.717, 1.165) is 44.0 Å². The Hall–Kier alpha value is -1.63. The van der Waals surface area contributed by atoms with Crippen LogP contribution in [0.25, 0.3) is 0 Å². The topological polar surface area (TPSA) is 65.5 Å². The SMILES string of the molecule is CCCNC(=O)c1csc(N2CCCC(C(=O)N(CC)CC)C2)n1. The molecule has 2 rings (SSSR count). The maximum absolute atomic E-state index is 12.6. The minimum Gasteiger partial charge on any atom is -0.351 e. The Bertz CT molecular complexity index is 557. The molecule has 7 heteroatoms. The molecule has 1 aromatic rings. The lowest BCUT2D eigenvalue weighted by atomic mass is 9.97. The van der Waals surface area contributed by atoms with E-state index in [2.05, 4.69) is 15.2 Å². The molecule has 134 valence electrons. The minimum atomic E-state index is -0.118. The Morgan fingerprint density at radius 3 is 2.79 bits per heavy atom. The van der Waals surface area contributed by atoms with Gasteiger partial charge >= 0.3 is 0 Å². The number of carbonyl (C=O) groups excluding carboxylic acids is 2. The van der Waals surface area contributed by atoms with Gasteiger partial charge in [-0.05, 0) is 33.1 Å². The Kier molecular flexibility index (Phi) is 7.02. The first-order valence-electron chi connectivity index (χ1n) is 8.88. The molecule has 0 aromatic carbocycles. The highest BCUT2D eigenvalue weighted by Gasteiger charge is 2.29. The molecule has 1 aliphatic rings. The Morgan fingerprint density at radius 1 is 1.38 bits per heavy atom. The number of amides is 2. The van der Waals surface area contributed by atoms with E-state index in [-0.39, 0.29) is 17.7 Å². The third kappa shape index (κ3) is 4.47. The van der Waals surface area contributed by atoms with Crippen LogP contribution in [-0.2, 0) is 4.79 Å². The van der Waals surface area contributed by atoms with Gasteiger partial charge < -0.3 is 15.1 Å². The number of anilines is 1. The van der Waals surface area contributed by atoms with Gasteiger partial charge in [0.25, 0.3) is 5.91 Å². The highest BCUT2D eigenvalue weighted by molar-refractivity contribution is 7.13. The second kappa shape index (κ2) is 9.01. The van der Waals surface area contributed by atoms with E-state index in [1.807, 2.05) is 25.7 Å². The van der Waals surface area contributed by atoms with Crippen molar-refractivity contribution in [2.24, 2.45) is 5.92 Å². The number of thiazole rings is 1. The first-order valence-corrected chi connectivity index (χ1v) is 9.76. The second-order valence-corrected chi connectivity index (χ2v) is 6.90. The van der Waals surface area contributed by atoms with Crippen molar-refractivity contribution in [2.75, 3.05) is 37.6 Å². The van der Waals surface area contributed by atoms with Crippen molar-refractivity contribution in [3.05, 3.63) is 11.1 Å². The Morgan fingerprint density at radius 2 is 2.12 bits per heavy atom. The van der Waals surface area contributed by atoms with Gasteiger partial charge in [0.15, 0.2) is 5.13 Å². The van der Waals surface area contributed by atoms with E-state index in [1.54, 1.807) is 5.38 Å². The van der Waals surface area contributed by atoms with Gasteiger partial charge in [0.05, 0.1) is 5.92 Å². The van der Waals surface area contributed by atoms with E-state index in [9.17, 15) is 9.59 Å². The summed E-state index contributed by atoms with van der Waals surface area (Å²) >= 11 is 1.48. The number of nitrogens with one attached hydrogen (secondary N) is 1. The molecule has 0 radical (unpaired) electrons. The van der Waals surface area contributed by atoms with Gasteiger partial charge in [-0.3, -0.25) is 9.59 Å². The predicted molar refractivity (Wildman–Crippen MR) is 97.6 cm³/mol. The lowest BCUT2D eigenvalue weighted by molar-refractivity contribution is -0.135. The zero-order valence-corrected chi connectivity index (χ0v) is 15.7. The molecule has 2 heterocycles. The fraction of sp³-hybridized carbons (Fsp3) is 0.706. The van der Waals surface area contributed by atoms with E-state index < -0.39 is 0 Å². The molecule has 0 aliphatic carbocycles. The van der Waals surface area contributed by atoms with Crippen LogP contribution in [0.1, 0.15) is 50.5 Å². The summed E-state index contributed by atoms with van der Waals surface area (Å²) in [7, 11) is 0. The second-order valence-electron chi connectivity index (χ2n) is 6.07. The average molecular weight is 353 g/mol. The summed E-state index contributed by atoms with van der Waals surface area (Å²) < 4.78 is 0. The van der Waals surface area contributed by atoms with Gasteiger partial charge in [0, 0.05) is 38.1 Å². The molecule has 1 saturated heterocycles. The summed E-state index contributed by atoms with van der Waals surface area (Å²) in [4.78, 5) is 33.1. The van der Waals surface area contributed by atoms with Gasteiger partial charge in [-0.15, -0.1) is 11.3 Å². The molecule has 1 aromatic heterocycles. The fourth-order valence-electron chi connectivity index (χ4n) is 2.99. The maximum atomic E-state index is 12.6. The highest BCUT2D eigenvalue weighted by atomic mass is 32.1. The first-order chi connectivity index (χ1) is 11.6. The summed E-state index contributed by atoms with van der Waals surface area (Å²) in [6.07, 6.45) is 2.82. The summed E-state index contributed by atoms with van der Waals surface area (Å²) in [5.41, 5.74) is 0.473. The lowest BCUT2D eigenvalue weighted by Gasteiger charge is -2.34. The van der Waals surface area contributed by atoms with Crippen molar-refractivity contribution in [1.29, 1.82) is 0 Å². The van der Waals surface area contributed by atoms with Crippen molar-refractivity contribution < 1.29 is 9.59 Å². The zero-order chi connectivity index (χ0) is 17.5. The van der Waals surface area contributed by atoms with Crippen molar-refractivity contribution in [2.45, 2.75) is 40.0 Å². The van der Waals surface area contributed by atoms with Gasteiger partial charge in [-0.1, -0.05) is 6.92 Å². The van der Waals surface area contributed by atoms with Crippen LogP contribution in [0, 0.1) is 5.92 Å². The fourth-order valence-corrected chi connectivity index (χ4v) is 3.83. The van der Waals surface area contributed by atoms with Crippen LogP contribution in [0.3, 0.4) is 0 Å². The van der Waals surface area contributed by atoms with Crippen molar-refractivity contribution >= 4 is 28.3 Å². The third-order valence-corrected chi connectivity index (χ3v) is 5.28. The molecule has 1 N–H and O–H groups in total. The minimum absolute atomic E-state index is 0.0277. The van der Waals surface area contributed by atoms with Crippen LogP contribution in [0.5, 0.6) is 0 Å². The molecule has 6 nitrogen and oxygen atoms in total. The molecule has 1 fully saturated rings. The quantitative estimate of drug-likeness (QED) is 0.818. The summed E-state index contributed by atoms with van der Waals surface area (Å²) in [5, 5.41) is 5.49. The molecule has 2 amide bonds. The molecule has 0 spiro atoms. The number of aromatic nitrogens is 1. The van der Waals surface area contributed by atoms with Crippen molar-refractivity contribution in [1.82, 2.24) is 15.2 Å². The van der Waals surface area contributed by atoms with Crippen LogP contribution in [0.15, 0.2) is 5.38 Å². The Labute approximate surface area is 148 Å². The molecular formula is C17H28N4O2S. The number of carbonyl (C=O) groups is 2. The predicted octanol–water partition coefficient (Wildman–Crippen LogP) is 2.37. The average Bonchev–Trinajstić information content (AvgIpc) is 3.11. The van der Waals surface area contributed by atoms with Crippen LogP contribution in [0.2, 0.25) is 0 Å². The van der Waals surface area contributed by atoms with Gasteiger partial charge in [0.2, 0.25) is 5.91 Å². The molecule has 0 bridgehead atoms. The van der Waals surface area contributed by atoms with Gasteiger partial charge in [-0.25, -0.2) is 4.98 Å². The van der Waals surface area contributed by atoms with Crippen LogP contribution in [0.4, 0.5) is 5.13 Å². The van der Waals surface area contributed by atoms with Crippen molar-refractivity contribution in [3.8, 4) is 0 Å². The van der Waals surface area contributed by atoms with Gasteiger partial charge in [0.1, 0.15) is 5.69 Å². The van der Waals surface area contributed by atoms with Crippen LogP contribution < -0.4 is 10.2 Å². The van der Waals surface area contributed by atoms with E-state index >= 15 is 0 Å². The van der Waals surface area contributed by atoms with E-state index in [4.69, 9.17) is 0 Å². The summed E-state index contributed by atoms with van der Waals surface area (Å²) in [5.74, 6) is 0.147. The normalized spacial score (nSPS) is 17.6. The smallest absolute Gasteiger partial charge is 0.270 e. The third-order valence-electron chi connectivity index (χ3n) is 4.38. The van der Waals surface area contributed by atoms with Crippen molar-refractivity contribution in [3.63, 3.8) is 0 Å². The molecule has 0 saturated carbocycles. The summed E-state index contributed by atoms with van der Waals surface area (Å²) in [6.45, 7) is 9.82. The molecule has 1 aliphatic heterocycles. The highest BCUT2D eigenvalue weighted by Crippen LogP contribution is 2.27. The van der Waals surface area contributed by atoms with Gasteiger partial charge in [-0.2, -0.15) is 0 Å². The van der Waals surface area contributed by atoms with Crippen LogP contribution in [-0.4, -0.2) is 54.4 Å². The number of hydrogen-bond donors (Lipinski definition) is 1. The maximum Gasteiger partial charge on any atom is 0.270 e. The first kappa shape index (κ1) is 18.7. The lowest BCUT2D eigenvalue weighted by Crippen LogP contribution is -2.44. The number of rotatable bonds is 7. The number of hydrogen-bond acceptors (Lipinski definition) is 5.